The average Bonchev–Trinajstić information content (AvgIpc) is 3.21. The first-order chi connectivity index (χ1) is 12.6. The van der Waals surface area contributed by atoms with Gasteiger partial charge >= 0.3 is 0 Å². The van der Waals surface area contributed by atoms with Crippen LogP contribution < -0.4 is 10.2 Å². The van der Waals surface area contributed by atoms with Crippen molar-refractivity contribution in [3.63, 3.8) is 0 Å². The van der Waals surface area contributed by atoms with Crippen molar-refractivity contribution in [2.45, 2.75) is 63.6 Å². The van der Waals surface area contributed by atoms with Gasteiger partial charge in [-0.15, -0.1) is 12.4 Å². The molecule has 0 saturated carbocycles. The highest BCUT2D eigenvalue weighted by molar-refractivity contribution is 6.00. The van der Waals surface area contributed by atoms with E-state index in [1.54, 1.807) is 0 Å². The Bertz CT molecular complexity index is 698. The van der Waals surface area contributed by atoms with Gasteiger partial charge in [-0.3, -0.25) is 9.59 Å². The van der Waals surface area contributed by atoms with Crippen molar-refractivity contribution in [2.75, 3.05) is 18.5 Å². The first kappa shape index (κ1) is 20.2. The summed E-state index contributed by atoms with van der Waals surface area (Å²) in [6, 6.07) is 9.47. The highest BCUT2D eigenvalue weighted by atomic mass is 35.5. The van der Waals surface area contributed by atoms with Gasteiger partial charge in [0.05, 0.1) is 5.92 Å². The number of para-hydroxylation sites is 1. The maximum absolute atomic E-state index is 13.1. The molecule has 27 heavy (non-hydrogen) atoms. The number of amides is 2. The Kier molecular flexibility index (Phi) is 6.11. The van der Waals surface area contributed by atoms with E-state index in [4.69, 9.17) is 0 Å². The first-order valence-corrected chi connectivity index (χ1v) is 9.97. The lowest BCUT2D eigenvalue weighted by Gasteiger charge is -2.36. The lowest BCUT2D eigenvalue weighted by molar-refractivity contribution is -0.137. The van der Waals surface area contributed by atoms with Crippen molar-refractivity contribution in [1.29, 1.82) is 0 Å². The number of piperidine rings is 1. The number of halogens is 1. The second kappa shape index (κ2) is 8.19. The predicted octanol–water partition coefficient (Wildman–Crippen LogP) is 2.77. The lowest BCUT2D eigenvalue weighted by atomic mass is 9.97. The molecule has 6 heteroatoms. The molecule has 0 spiro atoms. The van der Waals surface area contributed by atoms with Crippen LogP contribution in [-0.4, -0.2) is 48.4 Å². The standard InChI is InChI=1S/C21H29N3O2.ClH/c1-3-14-6-4-5-7-19(14)24-13-15(10-20(24)25)21(26)23(2)18-11-16-8-9-17(12-18)22-16;/h4-7,15-18,22H,3,8-13H2,1-2H3;1H. The van der Waals surface area contributed by atoms with Crippen molar-refractivity contribution in [2.24, 2.45) is 5.92 Å². The molecular weight excluding hydrogens is 362 g/mol. The summed E-state index contributed by atoms with van der Waals surface area (Å²) in [5.74, 6) is -0.00545. The summed E-state index contributed by atoms with van der Waals surface area (Å²) in [5, 5.41) is 3.63. The van der Waals surface area contributed by atoms with Crippen LogP contribution in [0.4, 0.5) is 5.69 Å². The molecule has 0 radical (unpaired) electrons. The van der Waals surface area contributed by atoms with E-state index in [2.05, 4.69) is 18.3 Å². The molecule has 2 bridgehead atoms. The second-order valence-corrected chi connectivity index (χ2v) is 8.10. The molecule has 4 rings (SSSR count). The second-order valence-electron chi connectivity index (χ2n) is 8.10. The Balaban J connectivity index is 0.00000210. The van der Waals surface area contributed by atoms with Crippen LogP contribution in [0.25, 0.3) is 0 Å². The highest BCUT2D eigenvalue weighted by Crippen LogP contribution is 2.32. The third kappa shape index (κ3) is 3.85. The molecule has 3 atom stereocenters. The fourth-order valence-corrected chi connectivity index (χ4v) is 4.99. The number of nitrogens with one attached hydrogen (secondary N) is 1. The molecule has 3 saturated heterocycles. The van der Waals surface area contributed by atoms with Crippen LogP contribution in [0.3, 0.4) is 0 Å². The molecule has 148 valence electrons. The molecule has 1 N–H and O–H groups in total. The number of hydrogen-bond donors (Lipinski definition) is 1. The van der Waals surface area contributed by atoms with Crippen LogP contribution in [0.5, 0.6) is 0 Å². The van der Waals surface area contributed by atoms with Crippen LogP contribution >= 0.6 is 12.4 Å². The fourth-order valence-electron chi connectivity index (χ4n) is 4.99. The molecule has 3 fully saturated rings. The zero-order valence-corrected chi connectivity index (χ0v) is 17.0. The molecule has 3 unspecified atom stereocenters. The van der Waals surface area contributed by atoms with Gasteiger partial charge in [0.1, 0.15) is 0 Å². The number of rotatable bonds is 4. The molecule has 5 nitrogen and oxygen atoms in total. The number of fused-ring (bicyclic) bond motifs is 2. The van der Waals surface area contributed by atoms with Gasteiger partial charge in [0.15, 0.2) is 0 Å². The largest absolute Gasteiger partial charge is 0.342 e. The number of nitrogens with zero attached hydrogens (tertiary/aromatic N) is 2. The van der Waals surface area contributed by atoms with E-state index in [1.807, 2.05) is 35.0 Å². The molecule has 2 amide bonds. The first-order valence-electron chi connectivity index (χ1n) is 9.97. The Hall–Kier alpha value is -1.59. The average molecular weight is 392 g/mol. The minimum Gasteiger partial charge on any atom is -0.342 e. The summed E-state index contributed by atoms with van der Waals surface area (Å²) >= 11 is 0. The molecule has 0 aliphatic carbocycles. The van der Waals surface area contributed by atoms with E-state index in [-0.39, 0.29) is 30.1 Å². The molecule has 1 aromatic rings. The van der Waals surface area contributed by atoms with Crippen LogP contribution in [0, 0.1) is 5.92 Å². The Morgan fingerprint density at radius 1 is 1.22 bits per heavy atom. The third-order valence-electron chi connectivity index (χ3n) is 6.48. The van der Waals surface area contributed by atoms with Gasteiger partial charge in [0.25, 0.3) is 0 Å². The number of hydrogen-bond acceptors (Lipinski definition) is 3. The van der Waals surface area contributed by atoms with Crippen LogP contribution in [0.1, 0.15) is 44.6 Å². The molecule has 3 aliphatic heterocycles. The van der Waals surface area contributed by atoms with E-state index in [1.165, 1.54) is 12.8 Å². The Labute approximate surface area is 167 Å². The summed E-state index contributed by atoms with van der Waals surface area (Å²) < 4.78 is 0. The zero-order chi connectivity index (χ0) is 18.3. The SMILES string of the molecule is CCc1ccccc1N1CC(C(=O)N(C)C2CC3CCC(C2)N3)CC1=O.Cl. The van der Waals surface area contributed by atoms with E-state index in [0.29, 0.717) is 31.1 Å². The van der Waals surface area contributed by atoms with Crippen molar-refractivity contribution in [3.05, 3.63) is 29.8 Å². The van der Waals surface area contributed by atoms with Crippen molar-refractivity contribution in [3.8, 4) is 0 Å². The fraction of sp³-hybridized carbons (Fsp3) is 0.619. The smallest absolute Gasteiger partial charge is 0.228 e. The quantitative estimate of drug-likeness (QED) is 0.858. The van der Waals surface area contributed by atoms with E-state index < -0.39 is 0 Å². The number of anilines is 1. The topological polar surface area (TPSA) is 52.7 Å². The summed E-state index contributed by atoms with van der Waals surface area (Å²) in [5.41, 5.74) is 2.13. The minimum atomic E-state index is -0.218. The van der Waals surface area contributed by atoms with Crippen molar-refractivity contribution >= 4 is 29.9 Å². The zero-order valence-electron chi connectivity index (χ0n) is 16.2. The van der Waals surface area contributed by atoms with Crippen molar-refractivity contribution in [1.82, 2.24) is 10.2 Å². The molecule has 0 aromatic heterocycles. The summed E-state index contributed by atoms with van der Waals surface area (Å²) in [6.45, 7) is 2.61. The lowest BCUT2D eigenvalue weighted by Crippen LogP contribution is -2.50. The number of carbonyl (C=O) groups excluding carboxylic acids is 2. The van der Waals surface area contributed by atoms with Gasteiger partial charge in [-0.2, -0.15) is 0 Å². The van der Waals surface area contributed by atoms with Gasteiger partial charge in [-0.1, -0.05) is 25.1 Å². The van der Waals surface area contributed by atoms with Crippen molar-refractivity contribution < 1.29 is 9.59 Å². The number of benzene rings is 1. The summed E-state index contributed by atoms with van der Waals surface area (Å²) in [7, 11) is 1.94. The van der Waals surface area contributed by atoms with E-state index in [9.17, 15) is 9.59 Å². The predicted molar refractivity (Wildman–Crippen MR) is 109 cm³/mol. The molecule has 3 heterocycles. The Morgan fingerprint density at radius 2 is 1.89 bits per heavy atom. The van der Waals surface area contributed by atoms with Gasteiger partial charge in [-0.05, 0) is 43.7 Å². The molecular formula is C21H30ClN3O2. The molecule has 3 aliphatic rings. The van der Waals surface area contributed by atoms with Gasteiger partial charge in [0, 0.05) is 43.8 Å². The number of carbonyl (C=O) groups is 2. The Morgan fingerprint density at radius 3 is 2.56 bits per heavy atom. The van der Waals surface area contributed by atoms with Crippen LogP contribution in [0.15, 0.2) is 24.3 Å². The van der Waals surface area contributed by atoms with Crippen LogP contribution in [0.2, 0.25) is 0 Å². The summed E-state index contributed by atoms with van der Waals surface area (Å²) in [6.07, 6.45) is 5.76. The maximum Gasteiger partial charge on any atom is 0.228 e. The summed E-state index contributed by atoms with van der Waals surface area (Å²) in [4.78, 5) is 29.5. The highest BCUT2D eigenvalue weighted by Gasteiger charge is 2.41. The van der Waals surface area contributed by atoms with Gasteiger partial charge in [-0.25, -0.2) is 0 Å². The normalized spacial score (nSPS) is 29.6. The van der Waals surface area contributed by atoms with Gasteiger partial charge in [0.2, 0.25) is 11.8 Å². The minimum absolute atomic E-state index is 0. The molecule has 1 aromatic carbocycles. The van der Waals surface area contributed by atoms with E-state index in [0.717, 1.165) is 30.5 Å². The third-order valence-corrected chi connectivity index (χ3v) is 6.48. The number of aryl methyl sites for hydroxylation is 1. The monoisotopic (exact) mass is 391 g/mol. The maximum atomic E-state index is 13.1. The van der Waals surface area contributed by atoms with E-state index >= 15 is 0 Å². The van der Waals surface area contributed by atoms with Crippen LogP contribution in [-0.2, 0) is 16.0 Å². The van der Waals surface area contributed by atoms with Gasteiger partial charge < -0.3 is 15.1 Å².